The summed E-state index contributed by atoms with van der Waals surface area (Å²) in [7, 11) is 0. The molecule has 1 saturated carbocycles. The lowest BCUT2D eigenvalue weighted by Crippen LogP contribution is -2.28. The van der Waals surface area contributed by atoms with Crippen LogP contribution in [0, 0.1) is 11.7 Å². The molecule has 4 heteroatoms. The molecule has 1 amide bonds. The van der Waals surface area contributed by atoms with Crippen molar-refractivity contribution in [1.29, 1.82) is 0 Å². The molecule has 1 fully saturated rings. The lowest BCUT2D eigenvalue weighted by molar-refractivity contribution is -0.125. The van der Waals surface area contributed by atoms with Crippen LogP contribution in [-0.4, -0.2) is 12.1 Å². The fourth-order valence-corrected chi connectivity index (χ4v) is 2.21. The van der Waals surface area contributed by atoms with Crippen molar-refractivity contribution in [3.63, 3.8) is 0 Å². The van der Waals surface area contributed by atoms with Gasteiger partial charge in [-0.15, -0.1) is 0 Å². The van der Waals surface area contributed by atoms with Crippen molar-refractivity contribution in [3.05, 3.63) is 35.6 Å². The monoisotopic (exact) mass is 248 g/mol. The number of amides is 1. The van der Waals surface area contributed by atoms with Crippen LogP contribution in [0.25, 0.3) is 0 Å². The number of hydrogen-bond acceptors (Lipinski definition) is 2. The van der Waals surface area contributed by atoms with Crippen LogP contribution in [0.1, 0.15) is 37.7 Å². The molecule has 0 spiro atoms. The quantitative estimate of drug-likeness (QED) is 0.648. The van der Waals surface area contributed by atoms with Gasteiger partial charge in [0, 0.05) is 5.92 Å². The molecule has 0 aromatic heterocycles. The molecular weight excluding hydrogens is 231 g/mol. The number of benzene rings is 1. The SMILES string of the molecule is O=C(NN=Cc1cccc(F)c1)C1CCCCC1. The molecule has 0 atom stereocenters. The second kappa shape index (κ2) is 6.28. The molecule has 0 bridgehead atoms. The summed E-state index contributed by atoms with van der Waals surface area (Å²) in [5.41, 5.74) is 3.17. The van der Waals surface area contributed by atoms with Gasteiger partial charge < -0.3 is 0 Å². The summed E-state index contributed by atoms with van der Waals surface area (Å²) >= 11 is 0. The van der Waals surface area contributed by atoms with Gasteiger partial charge in [0.25, 0.3) is 0 Å². The number of halogens is 1. The van der Waals surface area contributed by atoms with Gasteiger partial charge >= 0.3 is 0 Å². The lowest BCUT2D eigenvalue weighted by Gasteiger charge is -2.19. The smallest absolute Gasteiger partial charge is 0.243 e. The summed E-state index contributed by atoms with van der Waals surface area (Å²) in [5, 5.41) is 3.87. The Morgan fingerprint density at radius 1 is 1.33 bits per heavy atom. The van der Waals surface area contributed by atoms with E-state index in [1.807, 2.05) is 0 Å². The molecule has 18 heavy (non-hydrogen) atoms. The molecule has 0 radical (unpaired) electrons. The Hall–Kier alpha value is -1.71. The van der Waals surface area contributed by atoms with Crippen molar-refractivity contribution >= 4 is 12.1 Å². The molecular formula is C14H17FN2O. The van der Waals surface area contributed by atoms with Gasteiger partial charge in [0.1, 0.15) is 5.82 Å². The molecule has 0 saturated heterocycles. The number of nitrogens with one attached hydrogen (secondary N) is 1. The van der Waals surface area contributed by atoms with Crippen LogP contribution in [0.5, 0.6) is 0 Å². The number of carbonyl (C=O) groups excluding carboxylic acids is 1. The third-order valence-corrected chi connectivity index (χ3v) is 3.21. The highest BCUT2D eigenvalue weighted by Crippen LogP contribution is 2.23. The van der Waals surface area contributed by atoms with E-state index in [1.165, 1.54) is 24.8 Å². The van der Waals surface area contributed by atoms with E-state index in [0.29, 0.717) is 5.56 Å². The van der Waals surface area contributed by atoms with Gasteiger partial charge in [-0.3, -0.25) is 4.79 Å². The molecule has 1 aromatic carbocycles. The van der Waals surface area contributed by atoms with Gasteiger partial charge in [0.05, 0.1) is 6.21 Å². The highest BCUT2D eigenvalue weighted by Gasteiger charge is 2.20. The van der Waals surface area contributed by atoms with Crippen molar-refractivity contribution in [1.82, 2.24) is 5.43 Å². The molecule has 1 aliphatic rings. The Kier molecular flexibility index (Phi) is 4.45. The second-order valence-electron chi connectivity index (χ2n) is 4.62. The van der Waals surface area contributed by atoms with E-state index in [2.05, 4.69) is 10.5 Å². The number of hydrogen-bond donors (Lipinski definition) is 1. The van der Waals surface area contributed by atoms with E-state index < -0.39 is 0 Å². The predicted molar refractivity (Wildman–Crippen MR) is 68.7 cm³/mol. The van der Waals surface area contributed by atoms with Crippen molar-refractivity contribution in [2.45, 2.75) is 32.1 Å². The number of hydrazone groups is 1. The van der Waals surface area contributed by atoms with Crippen molar-refractivity contribution in [2.24, 2.45) is 11.0 Å². The fourth-order valence-electron chi connectivity index (χ4n) is 2.21. The van der Waals surface area contributed by atoms with Gasteiger partial charge in [0.15, 0.2) is 0 Å². The van der Waals surface area contributed by atoms with Gasteiger partial charge in [-0.1, -0.05) is 31.4 Å². The highest BCUT2D eigenvalue weighted by molar-refractivity contribution is 5.83. The van der Waals surface area contributed by atoms with E-state index in [0.717, 1.165) is 25.7 Å². The normalized spacial score (nSPS) is 16.9. The summed E-state index contributed by atoms with van der Waals surface area (Å²) in [6, 6.07) is 6.09. The minimum atomic E-state index is -0.308. The van der Waals surface area contributed by atoms with Crippen molar-refractivity contribution in [3.8, 4) is 0 Å². The van der Waals surface area contributed by atoms with Crippen LogP contribution in [0.4, 0.5) is 4.39 Å². The van der Waals surface area contributed by atoms with Crippen LogP contribution < -0.4 is 5.43 Å². The van der Waals surface area contributed by atoms with Crippen LogP contribution >= 0.6 is 0 Å². The Bertz CT molecular complexity index is 439. The molecule has 3 nitrogen and oxygen atoms in total. The van der Waals surface area contributed by atoms with Gasteiger partial charge in [-0.25, -0.2) is 9.82 Å². The molecule has 2 rings (SSSR count). The summed E-state index contributed by atoms with van der Waals surface area (Å²) in [4.78, 5) is 11.8. The second-order valence-corrected chi connectivity index (χ2v) is 4.62. The van der Waals surface area contributed by atoms with Gasteiger partial charge in [-0.2, -0.15) is 5.10 Å². The Morgan fingerprint density at radius 2 is 2.11 bits per heavy atom. The van der Waals surface area contributed by atoms with E-state index in [9.17, 15) is 9.18 Å². The topological polar surface area (TPSA) is 41.5 Å². The molecule has 0 unspecified atom stereocenters. The minimum Gasteiger partial charge on any atom is -0.273 e. The Balaban J connectivity index is 1.85. The summed E-state index contributed by atoms with van der Waals surface area (Å²) in [6.45, 7) is 0. The van der Waals surface area contributed by atoms with Crippen LogP contribution in [-0.2, 0) is 4.79 Å². The first-order chi connectivity index (χ1) is 8.75. The van der Waals surface area contributed by atoms with E-state index in [1.54, 1.807) is 12.1 Å². The van der Waals surface area contributed by atoms with E-state index >= 15 is 0 Å². The van der Waals surface area contributed by atoms with Crippen LogP contribution in [0.2, 0.25) is 0 Å². The minimum absolute atomic E-state index is 0.0256. The number of carbonyl (C=O) groups is 1. The zero-order valence-electron chi connectivity index (χ0n) is 10.2. The Morgan fingerprint density at radius 3 is 2.83 bits per heavy atom. The highest BCUT2D eigenvalue weighted by atomic mass is 19.1. The third kappa shape index (κ3) is 3.65. The van der Waals surface area contributed by atoms with E-state index in [4.69, 9.17) is 0 Å². The van der Waals surface area contributed by atoms with Crippen LogP contribution in [0.15, 0.2) is 29.4 Å². The predicted octanol–water partition coefficient (Wildman–Crippen LogP) is 2.86. The van der Waals surface area contributed by atoms with Gasteiger partial charge in [-0.05, 0) is 30.5 Å². The van der Waals surface area contributed by atoms with Crippen LogP contribution in [0.3, 0.4) is 0 Å². The molecule has 1 aliphatic carbocycles. The zero-order valence-corrected chi connectivity index (χ0v) is 10.2. The maximum absolute atomic E-state index is 12.9. The average Bonchev–Trinajstić information content (AvgIpc) is 2.40. The molecule has 0 heterocycles. The summed E-state index contributed by atoms with van der Waals surface area (Å²) in [6.07, 6.45) is 6.81. The van der Waals surface area contributed by atoms with E-state index in [-0.39, 0.29) is 17.6 Å². The van der Waals surface area contributed by atoms with Crippen molar-refractivity contribution in [2.75, 3.05) is 0 Å². The maximum atomic E-state index is 12.9. The molecule has 1 aromatic rings. The molecule has 96 valence electrons. The van der Waals surface area contributed by atoms with Gasteiger partial charge in [0.2, 0.25) is 5.91 Å². The maximum Gasteiger partial charge on any atom is 0.243 e. The summed E-state index contributed by atoms with van der Waals surface area (Å²) in [5.74, 6) is -0.247. The van der Waals surface area contributed by atoms with Crippen molar-refractivity contribution < 1.29 is 9.18 Å². The number of rotatable bonds is 3. The molecule has 1 N–H and O–H groups in total. The Labute approximate surface area is 106 Å². The lowest BCUT2D eigenvalue weighted by atomic mass is 9.89. The first kappa shape index (κ1) is 12.7. The third-order valence-electron chi connectivity index (χ3n) is 3.21. The largest absolute Gasteiger partial charge is 0.273 e. The standard InChI is InChI=1S/C14H17FN2O/c15-13-8-4-5-11(9-13)10-16-17-14(18)12-6-2-1-3-7-12/h4-5,8-10,12H,1-3,6-7H2,(H,17,18). The average molecular weight is 248 g/mol. The fraction of sp³-hybridized carbons (Fsp3) is 0.429. The first-order valence-electron chi connectivity index (χ1n) is 6.34. The zero-order chi connectivity index (χ0) is 12.8. The number of nitrogens with zero attached hydrogens (tertiary/aromatic N) is 1. The molecule has 0 aliphatic heterocycles. The summed E-state index contributed by atoms with van der Waals surface area (Å²) < 4.78 is 12.9. The first-order valence-corrected chi connectivity index (χ1v) is 6.34.